The minimum Gasteiger partial charge on any atom is -0.394 e. The first kappa shape index (κ1) is 37.5. The van der Waals surface area contributed by atoms with Gasteiger partial charge in [-0.2, -0.15) is 0 Å². The number of carbonyl (C=O) groups is 1. The fourth-order valence-corrected chi connectivity index (χ4v) is 0.884. The smallest absolute Gasteiger partial charge is 0.126 e. The number of hydrogen-bond donors (Lipinski definition) is 0. The van der Waals surface area contributed by atoms with Crippen molar-refractivity contribution in [2.75, 3.05) is 0 Å². The molecule has 0 amide bonds. The summed E-state index contributed by atoms with van der Waals surface area (Å²) in [4.78, 5) is 9.44. The average Bonchev–Trinajstić information content (AvgIpc) is 3.02. The number of Topliss-reactive ketones (excluding diaryl/α,β-unsaturated/α-hetero) is 1. The zero-order valence-corrected chi connectivity index (χ0v) is 18.9. The van der Waals surface area contributed by atoms with Crippen LogP contribution in [0.2, 0.25) is 0 Å². The first-order chi connectivity index (χ1) is 9.56. The van der Waals surface area contributed by atoms with E-state index in [4.69, 9.17) is 13.2 Å². The summed E-state index contributed by atoms with van der Waals surface area (Å²) in [6.45, 7) is 24.8. The van der Waals surface area contributed by atoms with E-state index in [1.807, 2.05) is 27.7 Å². The van der Waals surface area contributed by atoms with Gasteiger partial charge < -0.3 is 30.1 Å². The van der Waals surface area contributed by atoms with Gasteiger partial charge in [0, 0.05) is 32.7 Å². The molecular weight excluding hydrogens is 333 g/mol. The van der Waals surface area contributed by atoms with Crippen LogP contribution in [0.1, 0.15) is 93.9 Å². The summed E-state index contributed by atoms with van der Waals surface area (Å²) < 4.78 is 0. The molecule has 2 heteroatoms. The van der Waals surface area contributed by atoms with Gasteiger partial charge in [-0.05, 0) is 13.8 Å². The maximum atomic E-state index is 9.44. The molecule has 21 heavy (non-hydrogen) atoms. The van der Waals surface area contributed by atoms with Gasteiger partial charge in [-0.15, -0.1) is 0 Å². The van der Waals surface area contributed by atoms with E-state index in [1.54, 1.807) is 0 Å². The van der Waals surface area contributed by atoms with Crippen molar-refractivity contribution in [2.24, 2.45) is 0 Å². The predicted molar refractivity (Wildman–Crippen MR) is 95.8 cm³/mol. The minimum absolute atomic E-state index is 0. The normalized spacial score (nSPS) is 9.33. The van der Waals surface area contributed by atoms with Gasteiger partial charge in [0.05, 0.1) is 0 Å². The molecule has 0 N–H and O–H groups in total. The Kier molecular flexibility index (Phi) is 106. The van der Waals surface area contributed by atoms with Crippen LogP contribution in [-0.2, 0) is 37.5 Å². The maximum Gasteiger partial charge on any atom is 0.126 e. The summed E-state index contributed by atoms with van der Waals surface area (Å²) >= 11 is 0. The van der Waals surface area contributed by atoms with E-state index in [2.05, 4.69) is 13.8 Å². The molecule has 0 aromatic rings. The molecule has 0 saturated heterocycles. The number of ketones is 1. The second-order valence-corrected chi connectivity index (χ2v) is 3.77. The first-order valence-electron chi connectivity index (χ1n) is 8.12. The third kappa shape index (κ3) is 173. The number of allylic oxidation sites excluding steroid dienone is 2. The number of hydrogen-bond acceptors (Lipinski definition) is 1. The van der Waals surface area contributed by atoms with E-state index in [0.29, 0.717) is 0 Å². The van der Waals surface area contributed by atoms with Gasteiger partial charge in [-0.3, -0.25) is 0 Å². The molecule has 1 rings (SSSR count). The Morgan fingerprint density at radius 2 is 0.905 bits per heavy atom. The van der Waals surface area contributed by atoms with Crippen LogP contribution in [0, 0.1) is 13.2 Å². The molecule has 1 radical (unpaired) electrons. The molecule has 0 unspecified atom stereocenters. The van der Waals surface area contributed by atoms with Crippen LogP contribution in [0.3, 0.4) is 0 Å². The summed E-state index contributed by atoms with van der Waals surface area (Å²) in [5.74, 6) is 0.167. The molecule has 0 spiro atoms. The maximum absolute atomic E-state index is 9.44. The first-order valence-corrected chi connectivity index (χ1v) is 8.12. The molecule has 1 saturated carbocycles. The van der Waals surface area contributed by atoms with Crippen LogP contribution in [-0.4, -0.2) is 5.78 Å². The van der Waals surface area contributed by atoms with Crippen LogP contribution < -0.4 is 0 Å². The van der Waals surface area contributed by atoms with Gasteiger partial charge in [0.1, 0.15) is 5.78 Å². The quantitative estimate of drug-likeness (QED) is 0.358. The molecule has 1 aliphatic rings. The zero-order valence-electron chi connectivity index (χ0n) is 16.0. The van der Waals surface area contributed by atoms with E-state index in [-0.39, 0.29) is 38.5 Å². The van der Waals surface area contributed by atoms with E-state index >= 15 is 0 Å². The Morgan fingerprint density at radius 3 is 0.952 bits per heavy atom. The SMILES string of the molecule is C1CCCC1.CC.CC.CC(C)=O.CCC.[CH-]=CC=[CH-].[Y]. The third-order valence-electron chi connectivity index (χ3n) is 1.36. The van der Waals surface area contributed by atoms with Gasteiger partial charge >= 0.3 is 0 Å². The number of rotatable bonds is 1. The van der Waals surface area contributed by atoms with E-state index in [0.717, 1.165) is 0 Å². The van der Waals surface area contributed by atoms with Crippen molar-refractivity contribution in [3.05, 3.63) is 25.3 Å². The second-order valence-electron chi connectivity index (χ2n) is 3.77. The Bertz CT molecular complexity index is 132. The summed E-state index contributed by atoms with van der Waals surface area (Å²) in [5.41, 5.74) is 0. The monoisotopic (exact) mass is 373 g/mol. The van der Waals surface area contributed by atoms with Gasteiger partial charge in [-0.25, -0.2) is 0 Å². The Balaban J connectivity index is -0.0000000331. The van der Waals surface area contributed by atoms with Crippen molar-refractivity contribution in [1.29, 1.82) is 0 Å². The largest absolute Gasteiger partial charge is 0.394 e. The van der Waals surface area contributed by atoms with Crippen LogP contribution in [0.25, 0.3) is 0 Å². The Hall–Kier alpha value is 0.254. The second kappa shape index (κ2) is 59.3. The molecule has 1 aliphatic carbocycles. The van der Waals surface area contributed by atoms with Crippen LogP contribution in [0.15, 0.2) is 12.2 Å². The Morgan fingerprint density at radius 1 is 0.810 bits per heavy atom. The summed E-state index contributed by atoms with van der Waals surface area (Å²) in [6.07, 6.45) is 11.3. The molecule has 1 nitrogen and oxygen atoms in total. The molecule has 0 heterocycles. The van der Waals surface area contributed by atoms with Crippen molar-refractivity contribution in [3.8, 4) is 0 Å². The molecule has 0 bridgehead atoms. The fraction of sp³-hybridized carbons (Fsp3) is 0.737. The van der Waals surface area contributed by atoms with Gasteiger partial charge in [0.2, 0.25) is 0 Å². The van der Waals surface area contributed by atoms with Crippen molar-refractivity contribution in [1.82, 2.24) is 0 Å². The minimum atomic E-state index is 0. The number of carbonyl (C=O) groups excluding carboxylic acids is 1. The van der Waals surface area contributed by atoms with E-state index < -0.39 is 0 Å². The van der Waals surface area contributed by atoms with Crippen LogP contribution in [0.5, 0.6) is 0 Å². The Labute approximate surface area is 161 Å². The van der Waals surface area contributed by atoms with Crippen molar-refractivity contribution >= 4 is 5.78 Å². The summed E-state index contributed by atoms with van der Waals surface area (Å²) in [5, 5.41) is 0. The molecule has 0 aromatic heterocycles. The average molecular weight is 373 g/mol. The van der Waals surface area contributed by atoms with Crippen LogP contribution >= 0.6 is 0 Å². The van der Waals surface area contributed by atoms with Crippen LogP contribution in [0.4, 0.5) is 0 Å². The van der Waals surface area contributed by atoms with Crippen molar-refractivity contribution < 1.29 is 37.5 Å². The molecule has 0 aliphatic heterocycles. The third-order valence-corrected chi connectivity index (χ3v) is 1.36. The summed E-state index contributed by atoms with van der Waals surface area (Å²) in [7, 11) is 0. The van der Waals surface area contributed by atoms with Gasteiger partial charge in [0.15, 0.2) is 0 Å². The standard InChI is InChI=1S/C5H10.C4H4.C3H6O.C3H8.2C2H6.Y/c1-2-4-5-3-1;1-3-4-2;1-3(2)4;1-3-2;2*1-2;/h1-5H2;1-4H;1-2H3;3H2,1-2H3;2*1-2H3;/q;-2;;;;;. The molecule has 127 valence electrons. The van der Waals surface area contributed by atoms with Crippen molar-refractivity contribution in [2.45, 2.75) is 93.9 Å². The predicted octanol–water partition coefficient (Wildman–Crippen LogP) is 6.98. The summed E-state index contributed by atoms with van der Waals surface area (Å²) in [6, 6.07) is 0. The molecule has 0 aromatic carbocycles. The molecule has 0 atom stereocenters. The van der Waals surface area contributed by atoms with Crippen molar-refractivity contribution in [3.63, 3.8) is 0 Å². The topological polar surface area (TPSA) is 17.1 Å². The van der Waals surface area contributed by atoms with Gasteiger partial charge in [0.25, 0.3) is 0 Å². The molecule has 1 fully saturated rings. The van der Waals surface area contributed by atoms with E-state index in [9.17, 15) is 4.79 Å². The molecular formula is C19H40OY-2. The van der Waals surface area contributed by atoms with E-state index in [1.165, 1.54) is 64.5 Å². The van der Waals surface area contributed by atoms with Gasteiger partial charge in [-0.1, -0.05) is 80.1 Å². The zero-order chi connectivity index (χ0) is 17.2. The fourth-order valence-electron chi connectivity index (χ4n) is 0.884.